The molecule has 0 radical (unpaired) electrons. The topological polar surface area (TPSA) is 90.4 Å². The number of anilines is 2. The number of carboxylic acid groups (broad SMARTS) is 1. The second-order valence-corrected chi connectivity index (χ2v) is 7.93. The number of thiocarbonyl (C=S) groups is 1. The van der Waals surface area contributed by atoms with Gasteiger partial charge in [-0.15, -0.1) is 0 Å². The van der Waals surface area contributed by atoms with Crippen molar-refractivity contribution in [2.24, 2.45) is 4.99 Å². The Morgan fingerprint density at radius 1 is 1.00 bits per heavy atom. The second kappa shape index (κ2) is 10.8. The van der Waals surface area contributed by atoms with Gasteiger partial charge in [-0.1, -0.05) is 58.5 Å². The first-order valence-corrected chi connectivity index (χ1v) is 10.7. The summed E-state index contributed by atoms with van der Waals surface area (Å²) in [5, 5.41) is 16.1. The van der Waals surface area contributed by atoms with Gasteiger partial charge in [0.2, 0.25) is 5.95 Å². The number of H-pyrrole nitrogens is 1. The fourth-order valence-corrected chi connectivity index (χ4v) is 3.64. The highest BCUT2D eigenvalue weighted by molar-refractivity contribution is 7.78. The van der Waals surface area contributed by atoms with E-state index >= 15 is 0 Å². The lowest BCUT2D eigenvalue weighted by molar-refractivity contribution is 0.0697. The monoisotopic (exact) mass is 524 g/mol. The van der Waals surface area contributed by atoms with Crippen LogP contribution in [0.25, 0.3) is 11.0 Å². The normalized spacial score (nSPS) is 10.1. The fourth-order valence-electron chi connectivity index (χ4n) is 2.58. The summed E-state index contributed by atoms with van der Waals surface area (Å²) in [5.74, 6) is -0.558. The highest BCUT2D eigenvalue weighted by Gasteiger charge is 2.10. The van der Waals surface area contributed by atoms with Crippen LogP contribution in [0.4, 0.5) is 17.3 Å². The van der Waals surface area contributed by atoms with Crippen LogP contribution in [0.2, 0.25) is 20.1 Å². The summed E-state index contributed by atoms with van der Waals surface area (Å²) < 4.78 is 0. The summed E-state index contributed by atoms with van der Waals surface area (Å²) >= 11 is 28.1. The number of aromatic carboxylic acids is 1. The van der Waals surface area contributed by atoms with Crippen LogP contribution < -0.4 is 5.32 Å². The van der Waals surface area contributed by atoms with E-state index in [1.54, 1.807) is 42.5 Å². The number of benzene rings is 3. The number of nitrogens with zero attached hydrogens (tertiary/aromatic N) is 2. The predicted molar refractivity (Wildman–Crippen MR) is 134 cm³/mol. The number of imidazole rings is 1. The van der Waals surface area contributed by atoms with Crippen LogP contribution in [0.15, 0.2) is 59.6 Å². The minimum atomic E-state index is -0.991. The van der Waals surface area contributed by atoms with Crippen molar-refractivity contribution in [3.05, 3.63) is 80.3 Å². The van der Waals surface area contributed by atoms with Gasteiger partial charge in [0.1, 0.15) is 5.69 Å². The number of carboxylic acids is 1. The van der Waals surface area contributed by atoms with Crippen LogP contribution >= 0.6 is 58.6 Å². The quantitative estimate of drug-likeness (QED) is 0.185. The van der Waals surface area contributed by atoms with E-state index in [0.29, 0.717) is 48.4 Å². The minimum Gasteiger partial charge on any atom is -0.478 e. The Kier molecular flexibility index (Phi) is 8.10. The predicted octanol–water partition coefficient (Wildman–Crippen LogP) is 8.04. The molecule has 0 aliphatic rings. The van der Waals surface area contributed by atoms with E-state index in [4.69, 9.17) is 51.5 Å². The molecular formula is C21H12Cl4N4O2S. The maximum absolute atomic E-state index is 10.9. The van der Waals surface area contributed by atoms with Crippen molar-refractivity contribution in [2.75, 3.05) is 5.32 Å². The molecule has 11 heteroatoms. The van der Waals surface area contributed by atoms with Crippen LogP contribution in [-0.2, 0) is 0 Å². The van der Waals surface area contributed by atoms with Crippen LogP contribution in [0.1, 0.15) is 10.4 Å². The Morgan fingerprint density at radius 2 is 1.59 bits per heavy atom. The maximum Gasteiger partial charge on any atom is 0.335 e. The first-order valence-electron chi connectivity index (χ1n) is 8.76. The molecule has 0 saturated heterocycles. The van der Waals surface area contributed by atoms with E-state index in [9.17, 15) is 4.79 Å². The van der Waals surface area contributed by atoms with Crippen molar-refractivity contribution >= 4 is 98.1 Å². The van der Waals surface area contributed by atoms with Crippen molar-refractivity contribution in [1.82, 2.24) is 9.97 Å². The Hall–Kier alpha value is -2.64. The van der Waals surface area contributed by atoms with Crippen LogP contribution in [0.5, 0.6) is 0 Å². The molecule has 0 atom stereocenters. The van der Waals surface area contributed by atoms with Gasteiger partial charge in [-0.25, -0.2) is 9.78 Å². The average molecular weight is 526 g/mol. The highest BCUT2D eigenvalue weighted by atomic mass is 35.5. The first-order chi connectivity index (χ1) is 15.3. The first kappa shape index (κ1) is 24.0. The Bertz CT molecular complexity index is 1310. The molecule has 6 nitrogen and oxygen atoms in total. The zero-order valence-electron chi connectivity index (χ0n) is 15.9. The third-order valence-electron chi connectivity index (χ3n) is 4.03. The molecule has 4 aromatic rings. The van der Waals surface area contributed by atoms with Gasteiger partial charge >= 0.3 is 5.97 Å². The molecule has 4 rings (SSSR count). The van der Waals surface area contributed by atoms with E-state index in [1.807, 2.05) is 0 Å². The molecule has 1 aromatic heterocycles. The molecule has 0 spiro atoms. The van der Waals surface area contributed by atoms with E-state index in [0.717, 1.165) is 0 Å². The molecule has 162 valence electrons. The van der Waals surface area contributed by atoms with E-state index in [2.05, 4.69) is 37.7 Å². The smallest absolute Gasteiger partial charge is 0.335 e. The van der Waals surface area contributed by atoms with Crippen molar-refractivity contribution < 1.29 is 9.90 Å². The van der Waals surface area contributed by atoms with Gasteiger partial charge in [0.05, 0.1) is 47.5 Å². The molecule has 0 aliphatic heterocycles. The molecule has 0 unspecified atom stereocenters. The minimum absolute atomic E-state index is 0.188. The van der Waals surface area contributed by atoms with Crippen molar-refractivity contribution in [3.8, 4) is 0 Å². The number of isothiocyanates is 1. The van der Waals surface area contributed by atoms with Gasteiger partial charge in [-0.3, -0.25) is 0 Å². The lowest BCUT2D eigenvalue weighted by Crippen LogP contribution is -1.95. The number of rotatable bonds is 4. The number of para-hydroxylation sites is 2. The number of hydrogen-bond donors (Lipinski definition) is 3. The molecule has 3 aromatic carbocycles. The Labute approximate surface area is 207 Å². The van der Waals surface area contributed by atoms with Gasteiger partial charge in [0.25, 0.3) is 0 Å². The van der Waals surface area contributed by atoms with Crippen LogP contribution in [-0.4, -0.2) is 26.2 Å². The zero-order chi connectivity index (χ0) is 23.3. The van der Waals surface area contributed by atoms with Crippen molar-refractivity contribution in [2.45, 2.75) is 0 Å². The van der Waals surface area contributed by atoms with Gasteiger partial charge in [0.15, 0.2) is 0 Å². The summed E-state index contributed by atoms with van der Waals surface area (Å²) in [5.41, 5.74) is 2.46. The zero-order valence-corrected chi connectivity index (χ0v) is 19.7. The summed E-state index contributed by atoms with van der Waals surface area (Å²) in [6.07, 6.45) is 0. The molecule has 0 fully saturated rings. The average Bonchev–Trinajstić information content (AvgIpc) is 3.16. The third-order valence-corrected chi connectivity index (χ3v) is 5.36. The van der Waals surface area contributed by atoms with Gasteiger partial charge in [0, 0.05) is 0 Å². The molecule has 32 heavy (non-hydrogen) atoms. The number of nitrogens with one attached hydrogen (secondary N) is 2. The van der Waals surface area contributed by atoms with E-state index in [-0.39, 0.29) is 5.56 Å². The Balaban J connectivity index is 0.000000222. The number of carbonyl (C=O) groups is 1. The summed E-state index contributed by atoms with van der Waals surface area (Å²) in [4.78, 5) is 22.0. The summed E-state index contributed by atoms with van der Waals surface area (Å²) in [7, 11) is 0. The standard InChI is InChI=1S/C14H9Cl2N3O2.C7H3Cl2NS/c15-8-2-1-3-9(16)12(8)19-14-17-10-5-4-7(13(20)21)6-11(10)18-14;8-5-2-1-3-6(9)7(5)10-4-11/h1-6H,(H,20,21)(H2,17,18,19);1-3H. The molecular weight excluding hydrogens is 514 g/mol. The van der Waals surface area contributed by atoms with Crippen molar-refractivity contribution in [3.63, 3.8) is 0 Å². The fraction of sp³-hybridized carbons (Fsp3) is 0. The number of aliphatic imine (C=N–C) groups is 1. The van der Waals surface area contributed by atoms with Gasteiger partial charge in [-0.2, -0.15) is 4.99 Å². The van der Waals surface area contributed by atoms with Gasteiger partial charge < -0.3 is 15.4 Å². The number of halogens is 4. The number of fused-ring (bicyclic) bond motifs is 1. The number of aromatic amines is 1. The van der Waals surface area contributed by atoms with Crippen LogP contribution in [0, 0.1) is 0 Å². The largest absolute Gasteiger partial charge is 0.478 e. The molecule has 0 amide bonds. The maximum atomic E-state index is 10.9. The molecule has 0 bridgehead atoms. The van der Waals surface area contributed by atoms with Crippen molar-refractivity contribution in [1.29, 1.82) is 0 Å². The SMILES string of the molecule is O=C(O)c1ccc2nc(Nc3c(Cl)cccc3Cl)[nH]c2c1.S=C=Nc1c(Cl)cccc1Cl. The lowest BCUT2D eigenvalue weighted by atomic mass is 10.2. The lowest BCUT2D eigenvalue weighted by Gasteiger charge is -2.06. The number of hydrogen-bond acceptors (Lipinski definition) is 5. The van der Waals surface area contributed by atoms with Crippen LogP contribution in [0.3, 0.4) is 0 Å². The summed E-state index contributed by atoms with van der Waals surface area (Å²) in [6, 6.07) is 14.9. The molecule has 0 aliphatic carbocycles. The number of aromatic nitrogens is 2. The second-order valence-electron chi connectivity index (χ2n) is 6.12. The third kappa shape index (κ3) is 5.78. The van der Waals surface area contributed by atoms with E-state index in [1.165, 1.54) is 12.1 Å². The highest BCUT2D eigenvalue weighted by Crippen LogP contribution is 2.33. The summed E-state index contributed by atoms with van der Waals surface area (Å²) in [6.45, 7) is 0. The molecule has 0 saturated carbocycles. The Morgan fingerprint density at radius 3 is 2.16 bits per heavy atom. The van der Waals surface area contributed by atoms with E-state index < -0.39 is 5.97 Å². The molecule has 3 N–H and O–H groups in total. The van der Waals surface area contributed by atoms with Gasteiger partial charge in [-0.05, 0) is 54.7 Å². The molecule has 1 heterocycles.